The van der Waals surface area contributed by atoms with Crippen LogP contribution in [0, 0.1) is 0 Å². The van der Waals surface area contributed by atoms with Crippen molar-refractivity contribution in [3.8, 4) is 0 Å². The normalized spacial score (nSPS) is 10.9. The van der Waals surface area contributed by atoms with E-state index < -0.39 is 0 Å². The highest BCUT2D eigenvalue weighted by molar-refractivity contribution is 8.23. The fourth-order valence-corrected chi connectivity index (χ4v) is 3.26. The van der Waals surface area contributed by atoms with Gasteiger partial charge >= 0.3 is 0 Å². The van der Waals surface area contributed by atoms with Crippen LogP contribution in [-0.2, 0) is 12.3 Å². The molecule has 0 saturated carbocycles. The molecule has 0 aromatic heterocycles. The van der Waals surface area contributed by atoms with Gasteiger partial charge in [-0.25, -0.2) is 0 Å². The van der Waals surface area contributed by atoms with Crippen molar-refractivity contribution >= 4 is 28.2 Å². The Labute approximate surface area is 160 Å². The van der Waals surface area contributed by atoms with Crippen LogP contribution in [0.15, 0.2) is 54.6 Å². The molecule has 0 bridgehead atoms. The molecule has 0 aliphatic heterocycles. The molecule has 0 saturated heterocycles. The Balaban J connectivity index is 0.00000264. The molecule has 0 N–H and O–H groups in total. The Morgan fingerprint density at radius 1 is 0.957 bits per heavy atom. The Kier molecular flexibility index (Phi) is 8.48. The van der Waals surface area contributed by atoms with E-state index in [1.807, 2.05) is 18.2 Å². The van der Waals surface area contributed by atoms with Crippen molar-refractivity contribution in [2.45, 2.75) is 19.2 Å². The summed E-state index contributed by atoms with van der Waals surface area (Å²) in [5, 5.41) is 0. The zero-order chi connectivity index (χ0) is 16.0. The molecule has 0 unspecified atom stereocenters. The zero-order valence-electron chi connectivity index (χ0n) is 14.0. The van der Waals surface area contributed by atoms with Crippen molar-refractivity contribution in [1.82, 2.24) is 0 Å². The maximum atomic E-state index is 5.49. The number of thiocarbonyl (C=S) groups is 1. The van der Waals surface area contributed by atoms with Gasteiger partial charge in [0.2, 0.25) is 0 Å². The van der Waals surface area contributed by atoms with Crippen molar-refractivity contribution in [3.63, 3.8) is 0 Å². The summed E-state index contributed by atoms with van der Waals surface area (Å²) in [5.74, 6) is 0.931. The number of hydrogen-bond donors (Lipinski definition) is 0. The number of thioether (sulfide) groups is 1. The molecule has 0 aliphatic rings. The summed E-state index contributed by atoms with van der Waals surface area (Å²) >= 11 is 7.23. The molecule has 1 nitrogen and oxygen atoms in total. The lowest BCUT2D eigenvalue weighted by Gasteiger charge is -2.28. The van der Waals surface area contributed by atoms with E-state index in [9.17, 15) is 0 Å². The largest absolute Gasteiger partial charge is 1.00 e. The van der Waals surface area contributed by atoms with Gasteiger partial charge in [-0.05, 0) is 18.1 Å². The first-order valence-electron chi connectivity index (χ1n) is 7.62. The molecular formula is C19H24BrNS2. The highest BCUT2D eigenvalue weighted by atomic mass is 79.9. The van der Waals surface area contributed by atoms with Gasteiger partial charge in [0.05, 0.1) is 24.8 Å². The lowest BCUT2D eigenvalue weighted by molar-refractivity contribution is -0.901. The summed E-state index contributed by atoms with van der Waals surface area (Å²) in [6, 6.07) is 19.2. The van der Waals surface area contributed by atoms with Crippen LogP contribution in [0.1, 0.15) is 23.6 Å². The topological polar surface area (TPSA) is 0 Å². The summed E-state index contributed by atoms with van der Waals surface area (Å²) in [6.07, 6.45) is 0. The summed E-state index contributed by atoms with van der Waals surface area (Å²) in [5.41, 5.74) is 3.86. The third-order valence-corrected chi connectivity index (χ3v) is 5.43. The van der Waals surface area contributed by atoms with Gasteiger partial charge < -0.3 is 21.5 Å². The molecule has 0 radical (unpaired) electrons. The molecule has 4 heteroatoms. The third-order valence-electron chi connectivity index (χ3n) is 3.87. The summed E-state index contributed by atoms with van der Waals surface area (Å²) in [6.45, 7) is 4.45. The van der Waals surface area contributed by atoms with Crippen LogP contribution in [0.4, 0.5) is 0 Å². The van der Waals surface area contributed by atoms with Crippen molar-refractivity contribution in [2.75, 3.05) is 20.6 Å². The lowest BCUT2D eigenvalue weighted by atomic mass is 10.1. The molecule has 23 heavy (non-hydrogen) atoms. The van der Waals surface area contributed by atoms with E-state index >= 15 is 0 Å². The molecule has 2 aromatic carbocycles. The number of benzene rings is 2. The minimum Gasteiger partial charge on any atom is -1.00 e. The molecule has 0 fully saturated rings. The lowest BCUT2D eigenvalue weighted by Crippen LogP contribution is -3.00. The minimum absolute atomic E-state index is 0. The summed E-state index contributed by atoms with van der Waals surface area (Å²) in [7, 11) is 4.53. The van der Waals surface area contributed by atoms with Crippen molar-refractivity contribution in [3.05, 3.63) is 71.3 Å². The standard InChI is InChI=1S/C19H24NS2.BrH/c1-4-20(2,3)14-16-10-12-17(13-11-16)15-22-19(21)18-8-6-5-7-9-18;/h5-13H,4,14-15H2,1-3H3;1H/q+1;/p-1. The molecule has 2 rings (SSSR count). The Bertz CT molecular complexity index is 609. The highest BCUT2D eigenvalue weighted by Crippen LogP contribution is 2.20. The van der Waals surface area contributed by atoms with E-state index in [1.54, 1.807) is 11.8 Å². The number of halogens is 1. The molecule has 124 valence electrons. The SMILES string of the molecule is CC[N+](C)(C)Cc1ccc(CSC(=S)c2ccccc2)cc1.[Br-]. The van der Waals surface area contributed by atoms with Gasteiger partial charge in [-0.15, -0.1) is 11.8 Å². The van der Waals surface area contributed by atoms with Crippen LogP contribution >= 0.6 is 24.0 Å². The second-order valence-corrected chi connectivity index (χ2v) is 7.82. The first-order chi connectivity index (χ1) is 10.5. The molecule has 2 aromatic rings. The van der Waals surface area contributed by atoms with Gasteiger partial charge in [-0.1, -0.05) is 66.8 Å². The van der Waals surface area contributed by atoms with Crippen LogP contribution in [-0.4, -0.2) is 29.3 Å². The Morgan fingerprint density at radius 3 is 2.09 bits per heavy atom. The summed E-state index contributed by atoms with van der Waals surface area (Å²) < 4.78 is 1.99. The van der Waals surface area contributed by atoms with Crippen molar-refractivity contribution in [2.24, 2.45) is 0 Å². The molecular weight excluding hydrogens is 386 g/mol. The minimum atomic E-state index is 0. The van der Waals surface area contributed by atoms with Crippen LogP contribution in [0.2, 0.25) is 0 Å². The second-order valence-electron chi connectivity index (χ2n) is 6.17. The molecule has 0 spiro atoms. The Morgan fingerprint density at radius 2 is 1.52 bits per heavy atom. The molecule has 0 aliphatic carbocycles. The van der Waals surface area contributed by atoms with Crippen LogP contribution in [0.25, 0.3) is 0 Å². The van der Waals surface area contributed by atoms with E-state index in [1.165, 1.54) is 11.1 Å². The Hall–Kier alpha value is -0.680. The van der Waals surface area contributed by atoms with E-state index in [0.717, 1.165) is 33.1 Å². The van der Waals surface area contributed by atoms with E-state index in [2.05, 4.69) is 57.4 Å². The van der Waals surface area contributed by atoms with Crippen LogP contribution < -0.4 is 17.0 Å². The zero-order valence-corrected chi connectivity index (χ0v) is 17.2. The maximum Gasteiger partial charge on any atom is 0.104 e. The number of rotatable bonds is 6. The van der Waals surface area contributed by atoms with Gasteiger partial charge in [0, 0.05) is 11.3 Å². The molecule has 0 amide bonds. The number of quaternary nitrogens is 1. The van der Waals surface area contributed by atoms with Crippen LogP contribution in [0.3, 0.4) is 0 Å². The van der Waals surface area contributed by atoms with Crippen molar-refractivity contribution < 1.29 is 21.5 Å². The quantitative estimate of drug-likeness (QED) is 0.527. The summed E-state index contributed by atoms with van der Waals surface area (Å²) in [4.78, 5) is 0. The average molecular weight is 410 g/mol. The predicted octanol–water partition coefficient (Wildman–Crippen LogP) is 1.90. The van der Waals surface area contributed by atoms with Gasteiger partial charge in [-0.2, -0.15) is 0 Å². The number of hydrogen-bond acceptors (Lipinski definition) is 2. The first kappa shape index (κ1) is 20.4. The fourth-order valence-electron chi connectivity index (χ4n) is 2.15. The van der Waals surface area contributed by atoms with Gasteiger partial charge in [-0.3, -0.25) is 0 Å². The first-order valence-corrected chi connectivity index (χ1v) is 9.01. The van der Waals surface area contributed by atoms with E-state index in [0.29, 0.717) is 0 Å². The van der Waals surface area contributed by atoms with Gasteiger partial charge in [0.15, 0.2) is 0 Å². The smallest absolute Gasteiger partial charge is 0.104 e. The monoisotopic (exact) mass is 409 g/mol. The predicted molar refractivity (Wildman–Crippen MR) is 102 cm³/mol. The maximum absolute atomic E-state index is 5.49. The highest BCUT2D eigenvalue weighted by Gasteiger charge is 2.12. The van der Waals surface area contributed by atoms with E-state index in [4.69, 9.17) is 12.2 Å². The van der Waals surface area contributed by atoms with E-state index in [-0.39, 0.29) is 17.0 Å². The second kappa shape index (κ2) is 9.58. The fraction of sp³-hybridized carbons (Fsp3) is 0.316. The van der Waals surface area contributed by atoms with Crippen LogP contribution in [0.5, 0.6) is 0 Å². The molecule has 0 atom stereocenters. The third kappa shape index (κ3) is 6.76. The van der Waals surface area contributed by atoms with Gasteiger partial charge in [0.25, 0.3) is 0 Å². The van der Waals surface area contributed by atoms with Gasteiger partial charge in [0.1, 0.15) is 6.54 Å². The molecule has 0 heterocycles. The average Bonchev–Trinajstić information content (AvgIpc) is 2.54. The number of nitrogens with zero attached hydrogens (tertiary/aromatic N) is 1. The van der Waals surface area contributed by atoms with Crippen molar-refractivity contribution in [1.29, 1.82) is 0 Å².